The second-order valence-corrected chi connectivity index (χ2v) is 7.32. The van der Waals surface area contributed by atoms with E-state index >= 15 is 0 Å². The van der Waals surface area contributed by atoms with Crippen LogP contribution in [0.5, 0.6) is 0 Å². The molecule has 0 aliphatic rings. The van der Waals surface area contributed by atoms with Gasteiger partial charge < -0.3 is 15.4 Å². The molecule has 2 rings (SSSR count). The molecular weight excluding hydrogens is 328 g/mol. The highest BCUT2D eigenvalue weighted by molar-refractivity contribution is 6.04. The van der Waals surface area contributed by atoms with E-state index in [1.807, 2.05) is 65.0 Å². The molecule has 0 spiro atoms. The standard InChI is InChI=1S/C21H26N2O3/c1-14-6-11-18(15(2)12-14)23-19(24)17-9-7-16(8-10-17)13-22-20(25)26-21(3,4)5/h6-12H,13H2,1-5H3,(H,22,25)(H,23,24). The number of benzene rings is 2. The molecule has 2 aromatic carbocycles. The number of anilines is 1. The minimum atomic E-state index is -0.528. The van der Waals surface area contributed by atoms with Crippen LogP contribution in [0.3, 0.4) is 0 Å². The highest BCUT2D eigenvalue weighted by atomic mass is 16.6. The summed E-state index contributed by atoms with van der Waals surface area (Å²) in [4.78, 5) is 24.1. The maximum Gasteiger partial charge on any atom is 0.407 e. The maximum absolute atomic E-state index is 12.4. The van der Waals surface area contributed by atoms with Gasteiger partial charge in [-0.2, -0.15) is 0 Å². The monoisotopic (exact) mass is 354 g/mol. The van der Waals surface area contributed by atoms with Gasteiger partial charge in [0.25, 0.3) is 5.91 Å². The number of alkyl carbamates (subject to hydrolysis) is 1. The van der Waals surface area contributed by atoms with Crippen molar-refractivity contribution >= 4 is 17.7 Å². The summed E-state index contributed by atoms with van der Waals surface area (Å²) in [7, 11) is 0. The summed E-state index contributed by atoms with van der Waals surface area (Å²) in [5.41, 5.74) is 3.90. The van der Waals surface area contributed by atoms with Gasteiger partial charge in [-0.15, -0.1) is 0 Å². The van der Waals surface area contributed by atoms with Crippen LogP contribution in [0, 0.1) is 13.8 Å². The Balaban J connectivity index is 1.94. The summed E-state index contributed by atoms with van der Waals surface area (Å²) in [5, 5.41) is 5.62. The lowest BCUT2D eigenvalue weighted by molar-refractivity contribution is 0.0523. The Morgan fingerprint density at radius 3 is 2.23 bits per heavy atom. The summed E-state index contributed by atoms with van der Waals surface area (Å²) in [5.74, 6) is -0.163. The van der Waals surface area contributed by atoms with Crippen molar-refractivity contribution in [3.8, 4) is 0 Å². The molecule has 0 aromatic heterocycles. The Morgan fingerprint density at radius 1 is 1.00 bits per heavy atom. The van der Waals surface area contributed by atoms with Gasteiger partial charge >= 0.3 is 6.09 Å². The Labute approximate surface area is 154 Å². The van der Waals surface area contributed by atoms with E-state index in [2.05, 4.69) is 10.6 Å². The third kappa shape index (κ3) is 5.92. The smallest absolute Gasteiger partial charge is 0.407 e. The summed E-state index contributed by atoms with van der Waals surface area (Å²) in [6, 6.07) is 13.0. The van der Waals surface area contributed by atoms with Crippen LogP contribution in [0.1, 0.15) is 47.8 Å². The Hall–Kier alpha value is -2.82. The van der Waals surface area contributed by atoms with Crippen molar-refractivity contribution in [3.63, 3.8) is 0 Å². The molecule has 0 bridgehead atoms. The largest absolute Gasteiger partial charge is 0.444 e. The van der Waals surface area contributed by atoms with Crippen LogP contribution in [0.15, 0.2) is 42.5 Å². The Morgan fingerprint density at radius 2 is 1.65 bits per heavy atom. The number of amides is 2. The molecule has 0 atom stereocenters. The van der Waals surface area contributed by atoms with Gasteiger partial charge in [-0.25, -0.2) is 4.79 Å². The van der Waals surface area contributed by atoms with Crippen LogP contribution >= 0.6 is 0 Å². The summed E-state index contributed by atoms with van der Waals surface area (Å²) < 4.78 is 5.19. The molecule has 5 nitrogen and oxygen atoms in total. The zero-order valence-corrected chi connectivity index (χ0v) is 16.0. The predicted molar refractivity (Wildman–Crippen MR) is 103 cm³/mol. The lowest BCUT2D eigenvalue weighted by atomic mass is 10.1. The number of carbonyl (C=O) groups is 2. The van der Waals surface area contributed by atoms with Crippen LogP contribution in [0.2, 0.25) is 0 Å². The molecule has 0 radical (unpaired) electrons. The average molecular weight is 354 g/mol. The van der Waals surface area contributed by atoms with Gasteiger partial charge in [0.1, 0.15) is 5.60 Å². The van der Waals surface area contributed by atoms with Crippen molar-refractivity contribution in [1.82, 2.24) is 5.32 Å². The highest BCUT2D eigenvalue weighted by Gasteiger charge is 2.15. The molecule has 0 saturated carbocycles. The summed E-state index contributed by atoms with van der Waals surface area (Å²) in [6.45, 7) is 9.77. The van der Waals surface area contributed by atoms with Crippen molar-refractivity contribution in [3.05, 3.63) is 64.7 Å². The second-order valence-electron chi connectivity index (χ2n) is 7.32. The minimum Gasteiger partial charge on any atom is -0.444 e. The SMILES string of the molecule is Cc1ccc(NC(=O)c2ccc(CNC(=O)OC(C)(C)C)cc2)c(C)c1. The van der Waals surface area contributed by atoms with E-state index < -0.39 is 11.7 Å². The number of ether oxygens (including phenoxy) is 1. The zero-order chi connectivity index (χ0) is 19.3. The number of carbonyl (C=O) groups excluding carboxylic acids is 2. The average Bonchev–Trinajstić information content (AvgIpc) is 2.54. The Kier molecular flexibility index (Phi) is 6.03. The van der Waals surface area contributed by atoms with Crippen molar-refractivity contribution in [1.29, 1.82) is 0 Å². The van der Waals surface area contributed by atoms with Crippen LogP contribution in [0.4, 0.5) is 10.5 Å². The first-order chi connectivity index (χ1) is 12.1. The van der Waals surface area contributed by atoms with Gasteiger partial charge in [-0.1, -0.05) is 29.8 Å². The van der Waals surface area contributed by atoms with Gasteiger partial charge in [-0.3, -0.25) is 4.79 Å². The lowest BCUT2D eigenvalue weighted by Gasteiger charge is -2.19. The molecule has 0 aliphatic carbocycles. The first kappa shape index (κ1) is 19.5. The molecular formula is C21H26N2O3. The molecule has 5 heteroatoms. The zero-order valence-electron chi connectivity index (χ0n) is 16.0. The molecule has 0 aliphatic heterocycles. The molecule has 0 fully saturated rings. The molecule has 2 amide bonds. The fourth-order valence-corrected chi connectivity index (χ4v) is 2.41. The second kappa shape index (κ2) is 8.04. The van der Waals surface area contributed by atoms with Crippen LogP contribution in [0.25, 0.3) is 0 Å². The van der Waals surface area contributed by atoms with Crippen molar-refractivity contribution in [2.75, 3.05) is 5.32 Å². The van der Waals surface area contributed by atoms with Crippen LogP contribution in [-0.2, 0) is 11.3 Å². The fourth-order valence-electron chi connectivity index (χ4n) is 2.41. The number of nitrogens with one attached hydrogen (secondary N) is 2. The van der Waals surface area contributed by atoms with Gasteiger partial charge in [0, 0.05) is 17.8 Å². The highest BCUT2D eigenvalue weighted by Crippen LogP contribution is 2.17. The first-order valence-electron chi connectivity index (χ1n) is 8.58. The molecule has 0 heterocycles. The van der Waals surface area contributed by atoms with E-state index in [1.165, 1.54) is 0 Å². The van der Waals surface area contributed by atoms with E-state index in [0.29, 0.717) is 12.1 Å². The Bertz CT molecular complexity index is 790. The first-order valence-corrected chi connectivity index (χ1v) is 8.58. The molecule has 0 saturated heterocycles. The number of rotatable bonds is 4. The fraction of sp³-hybridized carbons (Fsp3) is 0.333. The molecule has 26 heavy (non-hydrogen) atoms. The van der Waals surface area contributed by atoms with Gasteiger partial charge in [0.05, 0.1) is 0 Å². The normalized spacial score (nSPS) is 11.0. The van der Waals surface area contributed by atoms with Crippen molar-refractivity contribution in [2.45, 2.75) is 46.8 Å². The molecule has 2 N–H and O–H groups in total. The summed E-state index contributed by atoms with van der Waals surface area (Å²) in [6.07, 6.45) is -0.464. The van der Waals surface area contributed by atoms with Gasteiger partial charge in [0.2, 0.25) is 0 Å². The maximum atomic E-state index is 12.4. The molecule has 0 unspecified atom stereocenters. The van der Waals surface area contributed by atoms with E-state index in [4.69, 9.17) is 4.74 Å². The van der Waals surface area contributed by atoms with E-state index in [1.54, 1.807) is 12.1 Å². The van der Waals surface area contributed by atoms with E-state index in [-0.39, 0.29) is 5.91 Å². The quantitative estimate of drug-likeness (QED) is 0.844. The van der Waals surface area contributed by atoms with Gasteiger partial charge in [0.15, 0.2) is 0 Å². The van der Waals surface area contributed by atoms with Crippen molar-refractivity contribution in [2.24, 2.45) is 0 Å². The minimum absolute atomic E-state index is 0.163. The topological polar surface area (TPSA) is 67.4 Å². The third-order valence-corrected chi connectivity index (χ3v) is 3.68. The van der Waals surface area contributed by atoms with E-state index in [0.717, 1.165) is 22.4 Å². The van der Waals surface area contributed by atoms with E-state index in [9.17, 15) is 9.59 Å². The number of hydrogen-bond donors (Lipinski definition) is 2. The number of hydrogen-bond acceptors (Lipinski definition) is 3. The molecule has 2 aromatic rings. The lowest BCUT2D eigenvalue weighted by Crippen LogP contribution is -2.32. The molecule has 138 valence electrons. The summed E-state index contributed by atoms with van der Waals surface area (Å²) >= 11 is 0. The van der Waals surface area contributed by atoms with Crippen LogP contribution < -0.4 is 10.6 Å². The third-order valence-electron chi connectivity index (χ3n) is 3.68. The predicted octanol–water partition coefficient (Wildman–Crippen LogP) is 4.58. The number of aryl methyl sites for hydroxylation is 2. The van der Waals surface area contributed by atoms with Crippen LogP contribution in [-0.4, -0.2) is 17.6 Å². The van der Waals surface area contributed by atoms with Crippen molar-refractivity contribution < 1.29 is 14.3 Å². The van der Waals surface area contributed by atoms with Gasteiger partial charge in [-0.05, 0) is 63.9 Å².